The predicted molar refractivity (Wildman–Crippen MR) is 150 cm³/mol. The van der Waals surface area contributed by atoms with E-state index in [1.165, 1.54) is 22.3 Å². The fraction of sp³-hybridized carbons (Fsp3) is 0.300. The van der Waals surface area contributed by atoms with E-state index >= 15 is 0 Å². The minimum atomic E-state index is -1.05. The number of aromatic nitrogens is 1. The molecule has 0 unspecified atom stereocenters. The summed E-state index contributed by atoms with van der Waals surface area (Å²) in [6.45, 7) is 3.98. The highest BCUT2D eigenvalue weighted by atomic mass is 32.1. The van der Waals surface area contributed by atoms with Crippen LogP contribution in [0.2, 0.25) is 0 Å². The molecular formula is C30H30N4O4S. The molecule has 0 bridgehead atoms. The van der Waals surface area contributed by atoms with Crippen molar-refractivity contribution in [2.75, 3.05) is 11.9 Å². The molecule has 3 heterocycles. The van der Waals surface area contributed by atoms with Gasteiger partial charge in [-0.3, -0.25) is 19.2 Å². The number of likely N-dealkylation sites (tertiary alicyclic amines) is 1. The van der Waals surface area contributed by atoms with Gasteiger partial charge in [-0.05, 0) is 42.0 Å². The first-order valence-electron chi connectivity index (χ1n) is 13.0. The lowest BCUT2D eigenvalue weighted by Crippen LogP contribution is -2.52. The molecule has 2 N–H and O–H groups in total. The van der Waals surface area contributed by atoms with Crippen LogP contribution in [0.1, 0.15) is 47.6 Å². The standard InChI is InChI=1S/C30H30N4O4S/c1-19(2)16-23(32-25(35)13-12-20-8-4-3-5-9-20)28(37)34-18-30(17-24(34)26(36)27-31-14-15-39-27)21-10-6-7-11-22(21)33-29(30)38/h3-15,19,23-24H,16-18H2,1-2H3,(H,32,35)(H,33,38)/b13-12+/t23-,24-,30-/m0/s1. The minimum Gasteiger partial charge on any atom is -0.341 e. The van der Waals surface area contributed by atoms with Gasteiger partial charge in [0.15, 0.2) is 5.01 Å². The van der Waals surface area contributed by atoms with Crippen LogP contribution >= 0.6 is 11.3 Å². The van der Waals surface area contributed by atoms with Crippen LogP contribution in [0, 0.1) is 5.92 Å². The van der Waals surface area contributed by atoms with Crippen molar-refractivity contribution in [3.8, 4) is 0 Å². The second-order valence-electron chi connectivity index (χ2n) is 10.4. The Balaban J connectivity index is 1.45. The maximum atomic E-state index is 14.1. The zero-order valence-electron chi connectivity index (χ0n) is 21.8. The highest BCUT2D eigenvalue weighted by Gasteiger charge is 2.58. The van der Waals surface area contributed by atoms with Gasteiger partial charge in [0.2, 0.25) is 23.5 Å². The van der Waals surface area contributed by atoms with Gasteiger partial charge in [-0.25, -0.2) is 4.98 Å². The Morgan fingerprint density at radius 2 is 1.90 bits per heavy atom. The lowest BCUT2D eigenvalue weighted by Gasteiger charge is -2.29. The second-order valence-corrected chi connectivity index (χ2v) is 11.3. The van der Waals surface area contributed by atoms with Gasteiger partial charge in [-0.1, -0.05) is 62.4 Å². The van der Waals surface area contributed by atoms with Crippen molar-refractivity contribution in [3.63, 3.8) is 0 Å². The molecular weight excluding hydrogens is 512 g/mol. The molecule has 5 rings (SSSR count). The van der Waals surface area contributed by atoms with E-state index in [9.17, 15) is 19.2 Å². The number of para-hydroxylation sites is 1. The number of carbonyl (C=O) groups excluding carboxylic acids is 4. The molecule has 3 atom stereocenters. The second kappa shape index (κ2) is 10.9. The Labute approximate surface area is 231 Å². The number of hydrogen-bond acceptors (Lipinski definition) is 6. The highest BCUT2D eigenvalue weighted by Crippen LogP contribution is 2.47. The van der Waals surface area contributed by atoms with Crippen LogP contribution in [-0.2, 0) is 19.8 Å². The number of amides is 3. The summed E-state index contributed by atoms with van der Waals surface area (Å²) in [4.78, 5) is 59.7. The number of Topliss-reactive ketones (excluding diaryl/α,β-unsaturated/α-hetero) is 1. The van der Waals surface area contributed by atoms with Crippen molar-refractivity contribution in [2.24, 2.45) is 5.92 Å². The molecule has 8 nitrogen and oxygen atoms in total. The molecule has 3 aromatic rings. The molecule has 0 aliphatic carbocycles. The van der Waals surface area contributed by atoms with Crippen molar-refractivity contribution in [3.05, 3.63) is 88.4 Å². The number of nitrogens with one attached hydrogen (secondary N) is 2. The first-order valence-corrected chi connectivity index (χ1v) is 13.9. The SMILES string of the molecule is CC(C)C[C@H](NC(=O)/C=C/c1ccccc1)C(=O)N1C[C@]2(C[C@H]1C(=O)c1nccs1)C(=O)Nc1ccccc12. The Kier molecular flexibility index (Phi) is 7.43. The quantitative estimate of drug-likeness (QED) is 0.330. The third kappa shape index (κ3) is 5.27. The minimum absolute atomic E-state index is 0.0424. The largest absolute Gasteiger partial charge is 0.341 e. The number of hydrogen-bond donors (Lipinski definition) is 2. The highest BCUT2D eigenvalue weighted by molar-refractivity contribution is 7.11. The third-order valence-electron chi connectivity index (χ3n) is 7.26. The summed E-state index contributed by atoms with van der Waals surface area (Å²) in [6.07, 6.45) is 5.17. The number of nitrogens with zero attached hydrogens (tertiary/aromatic N) is 2. The summed E-state index contributed by atoms with van der Waals surface area (Å²) in [5, 5.41) is 7.79. The number of ketones is 1. The van der Waals surface area contributed by atoms with E-state index in [4.69, 9.17) is 0 Å². The summed E-state index contributed by atoms with van der Waals surface area (Å²) >= 11 is 1.21. The summed E-state index contributed by atoms with van der Waals surface area (Å²) in [6, 6.07) is 15.0. The van der Waals surface area contributed by atoms with Crippen molar-refractivity contribution < 1.29 is 19.2 Å². The first-order chi connectivity index (χ1) is 18.8. The van der Waals surface area contributed by atoms with Crippen LogP contribution in [0.5, 0.6) is 0 Å². The molecule has 2 aliphatic heterocycles. The molecule has 2 aliphatic rings. The molecule has 0 saturated carbocycles. The van der Waals surface area contributed by atoms with Gasteiger partial charge < -0.3 is 15.5 Å². The molecule has 1 spiro atoms. The zero-order valence-corrected chi connectivity index (χ0v) is 22.6. The van der Waals surface area contributed by atoms with Crippen LogP contribution in [0.15, 0.2) is 72.3 Å². The van der Waals surface area contributed by atoms with Crippen LogP contribution in [-0.4, -0.2) is 52.0 Å². The lowest BCUT2D eigenvalue weighted by molar-refractivity contribution is -0.136. The summed E-state index contributed by atoms with van der Waals surface area (Å²) in [5.74, 6) is -1.22. The van der Waals surface area contributed by atoms with E-state index in [1.807, 2.05) is 68.4 Å². The third-order valence-corrected chi connectivity index (χ3v) is 8.05. The van der Waals surface area contributed by atoms with Crippen LogP contribution < -0.4 is 10.6 Å². The molecule has 200 valence electrons. The van der Waals surface area contributed by atoms with Crippen LogP contribution in [0.25, 0.3) is 6.08 Å². The molecule has 9 heteroatoms. The van der Waals surface area contributed by atoms with Gasteiger partial charge in [-0.15, -0.1) is 11.3 Å². The van der Waals surface area contributed by atoms with E-state index in [0.29, 0.717) is 12.1 Å². The Bertz CT molecular complexity index is 1420. The number of benzene rings is 2. The van der Waals surface area contributed by atoms with E-state index in [2.05, 4.69) is 15.6 Å². The number of thiazole rings is 1. The first kappa shape index (κ1) is 26.5. The Morgan fingerprint density at radius 3 is 2.62 bits per heavy atom. The van der Waals surface area contributed by atoms with Gasteiger partial charge in [0.25, 0.3) is 0 Å². The monoisotopic (exact) mass is 542 g/mol. The van der Waals surface area contributed by atoms with Crippen molar-refractivity contribution in [1.29, 1.82) is 0 Å². The lowest BCUT2D eigenvalue weighted by atomic mass is 9.79. The molecule has 3 amide bonds. The average Bonchev–Trinajstić information content (AvgIpc) is 3.66. The van der Waals surface area contributed by atoms with Gasteiger partial charge in [0, 0.05) is 29.9 Å². The summed E-state index contributed by atoms with van der Waals surface area (Å²) < 4.78 is 0. The smallest absolute Gasteiger partial charge is 0.245 e. The zero-order chi connectivity index (χ0) is 27.6. The van der Waals surface area contributed by atoms with Gasteiger partial charge in [-0.2, -0.15) is 0 Å². The molecule has 39 heavy (non-hydrogen) atoms. The van der Waals surface area contributed by atoms with Gasteiger partial charge >= 0.3 is 0 Å². The maximum absolute atomic E-state index is 14.1. The van der Waals surface area contributed by atoms with Crippen molar-refractivity contribution >= 4 is 46.6 Å². The molecule has 1 saturated heterocycles. The summed E-state index contributed by atoms with van der Waals surface area (Å²) in [5.41, 5.74) is 1.28. The Hall–Kier alpha value is -4.11. The topological polar surface area (TPSA) is 108 Å². The molecule has 2 aromatic carbocycles. The molecule has 0 radical (unpaired) electrons. The molecule has 1 fully saturated rings. The number of rotatable bonds is 8. The fourth-order valence-electron chi connectivity index (χ4n) is 5.44. The van der Waals surface area contributed by atoms with E-state index in [0.717, 1.165) is 11.1 Å². The van der Waals surface area contributed by atoms with Crippen LogP contribution in [0.3, 0.4) is 0 Å². The Morgan fingerprint density at radius 1 is 1.15 bits per heavy atom. The van der Waals surface area contributed by atoms with E-state index in [1.54, 1.807) is 17.7 Å². The number of anilines is 1. The normalized spacial score (nSPS) is 20.8. The maximum Gasteiger partial charge on any atom is 0.245 e. The van der Waals surface area contributed by atoms with Gasteiger partial charge in [0.1, 0.15) is 6.04 Å². The predicted octanol–water partition coefficient (Wildman–Crippen LogP) is 4.06. The molecule has 1 aromatic heterocycles. The van der Waals surface area contributed by atoms with Crippen molar-refractivity contribution in [1.82, 2.24) is 15.2 Å². The van der Waals surface area contributed by atoms with E-state index in [-0.39, 0.29) is 41.5 Å². The van der Waals surface area contributed by atoms with Crippen LogP contribution in [0.4, 0.5) is 5.69 Å². The number of fused-ring (bicyclic) bond motifs is 2. The number of carbonyl (C=O) groups is 4. The van der Waals surface area contributed by atoms with E-state index < -0.39 is 23.4 Å². The fourth-order valence-corrected chi connectivity index (χ4v) is 6.07. The van der Waals surface area contributed by atoms with Gasteiger partial charge in [0.05, 0.1) is 11.5 Å². The average molecular weight is 543 g/mol. The summed E-state index contributed by atoms with van der Waals surface area (Å²) in [7, 11) is 0. The van der Waals surface area contributed by atoms with Crippen molar-refractivity contribution in [2.45, 2.75) is 44.2 Å².